The molecule has 0 aliphatic carbocycles. The van der Waals surface area contributed by atoms with Crippen LogP contribution in [0.2, 0.25) is 0 Å². The van der Waals surface area contributed by atoms with Gasteiger partial charge in [0.2, 0.25) is 5.91 Å². The Morgan fingerprint density at radius 3 is 2.05 bits per heavy atom. The van der Waals surface area contributed by atoms with Crippen LogP contribution in [0.25, 0.3) is 0 Å². The molecule has 0 aromatic rings. The molecular weight excluding hydrogens is 280 g/mol. The number of likely N-dealkylation sites (tertiary alicyclic amines) is 1. The number of nitrogens with one attached hydrogen (secondary N) is 1. The summed E-state index contributed by atoms with van der Waals surface area (Å²) in [6.07, 6.45) is 5.39. The Kier molecular flexibility index (Phi) is 7.87. The Morgan fingerprint density at radius 1 is 1.09 bits per heavy atom. The van der Waals surface area contributed by atoms with Gasteiger partial charge in [-0.15, -0.1) is 0 Å². The van der Waals surface area contributed by atoms with Crippen LogP contribution in [-0.4, -0.2) is 47.1 Å². The minimum Gasteiger partial charge on any atom is -0.480 e. The molecule has 1 rings (SSSR count). The molecule has 1 fully saturated rings. The van der Waals surface area contributed by atoms with Crippen LogP contribution < -0.4 is 5.32 Å². The van der Waals surface area contributed by atoms with Gasteiger partial charge >= 0.3 is 5.97 Å². The summed E-state index contributed by atoms with van der Waals surface area (Å²) in [5.74, 6) is -0.978. The molecule has 1 aliphatic heterocycles. The van der Waals surface area contributed by atoms with Gasteiger partial charge in [-0.1, -0.05) is 47.0 Å². The van der Waals surface area contributed by atoms with Gasteiger partial charge in [-0.2, -0.15) is 0 Å². The first-order chi connectivity index (χ1) is 10.4. The average molecular weight is 312 g/mol. The van der Waals surface area contributed by atoms with Gasteiger partial charge < -0.3 is 10.4 Å². The molecule has 1 saturated heterocycles. The highest BCUT2D eigenvalue weighted by atomic mass is 16.4. The second kappa shape index (κ2) is 9.13. The Bertz CT molecular complexity index is 363. The van der Waals surface area contributed by atoms with Crippen molar-refractivity contribution in [3.63, 3.8) is 0 Å². The van der Waals surface area contributed by atoms with Crippen molar-refractivity contribution < 1.29 is 14.7 Å². The molecule has 128 valence electrons. The molecule has 0 radical (unpaired) electrons. The van der Waals surface area contributed by atoms with Gasteiger partial charge in [0.05, 0.1) is 6.04 Å². The number of rotatable bonds is 7. The molecule has 0 aromatic heterocycles. The summed E-state index contributed by atoms with van der Waals surface area (Å²) in [4.78, 5) is 26.4. The fourth-order valence-corrected chi connectivity index (χ4v) is 3.19. The van der Waals surface area contributed by atoms with E-state index in [1.54, 1.807) is 0 Å². The van der Waals surface area contributed by atoms with E-state index in [1.165, 1.54) is 12.8 Å². The predicted molar refractivity (Wildman–Crippen MR) is 87.7 cm³/mol. The van der Waals surface area contributed by atoms with Gasteiger partial charge in [-0.05, 0) is 37.8 Å². The normalized spacial score (nSPS) is 21.0. The van der Waals surface area contributed by atoms with Crippen molar-refractivity contribution in [1.29, 1.82) is 0 Å². The maximum Gasteiger partial charge on any atom is 0.326 e. The Hall–Kier alpha value is -1.10. The topological polar surface area (TPSA) is 69.6 Å². The molecule has 22 heavy (non-hydrogen) atoms. The molecule has 0 bridgehead atoms. The number of carbonyl (C=O) groups is 2. The minimum absolute atomic E-state index is 0.0709. The predicted octanol–water partition coefficient (Wildman–Crippen LogP) is 2.50. The number of amides is 1. The smallest absolute Gasteiger partial charge is 0.326 e. The number of nitrogens with zero attached hydrogens (tertiary/aromatic N) is 1. The number of carbonyl (C=O) groups excluding carboxylic acids is 1. The van der Waals surface area contributed by atoms with Crippen molar-refractivity contribution in [2.75, 3.05) is 13.1 Å². The summed E-state index contributed by atoms with van der Waals surface area (Å²) < 4.78 is 0. The second-order valence-electron chi connectivity index (χ2n) is 6.85. The minimum atomic E-state index is -0.943. The first kappa shape index (κ1) is 18.9. The van der Waals surface area contributed by atoms with E-state index in [2.05, 4.69) is 10.2 Å². The van der Waals surface area contributed by atoms with Gasteiger partial charge in [-0.3, -0.25) is 9.69 Å². The molecule has 1 heterocycles. The molecule has 1 aliphatic rings. The van der Waals surface area contributed by atoms with E-state index >= 15 is 0 Å². The van der Waals surface area contributed by atoms with Crippen LogP contribution in [0.15, 0.2) is 0 Å². The summed E-state index contributed by atoms with van der Waals surface area (Å²) in [6.45, 7) is 9.74. The summed E-state index contributed by atoms with van der Waals surface area (Å²) in [5, 5.41) is 12.2. The van der Waals surface area contributed by atoms with E-state index in [4.69, 9.17) is 0 Å². The monoisotopic (exact) mass is 312 g/mol. The van der Waals surface area contributed by atoms with E-state index < -0.39 is 12.0 Å². The van der Waals surface area contributed by atoms with Crippen molar-refractivity contribution in [2.45, 2.75) is 71.9 Å². The fraction of sp³-hybridized carbons (Fsp3) is 0.882. The van der Waals surface area contributed by atoms with Crippen LogP contribution >= 0.6 is 0 Å². The third kappa shape index (κ3) is 5.27. The first-order valence-electron chi connectivity index (χ1n) is 8.65. The Morgan fingerprint density at radius 2 is 1.64 bits per heavy atom. The zero-order chi connectivity index (χ0) is 16.7. The number of hydrogen-bond acceptors (Lipinski definition) is 3. The lowest BCUT2D eigenvalue weighted by Crippen LogP contribution is -2.55. The molecule has 1 amide bonds. The zero-order valence-electron chi connectivity index (χ0n) is 14.5. The van der Waals surface area contributed by atoms with Gasteiger partial charge in [0.25, 0.3) is 0 Å². The largest absolute Gasteiger partial charge is 0.480 e. The van der Waals surface area contributed by atoms with Crippen molar-refractivity contribution in [1.82, 2.24) is 10.2 Å². The maximum absolute atomic E-state index is 12.7. The number of hydrogen-bond donors (Lipinski definition) is 2. The van der Waals surface area contributed by atoms with E-state index in [1.807, 2.05) is 27.7 Å². The van der Waals surface area contributed by atoms with Crippen LogP contribution in [0.3, 0.4) is 0 Å². The van der Waals surface area contributed by atoms with E-state index in [0.717, 1.165) is 32.4 Å². The molecule has 3 unspecified atom stereocenters. The molecule has 0 aromatic carbocycles. The summed E-state index contributed by atoms with van der Waals surface area (Å²) in [6, 6.07) is -1.03. The molecule has 0 spiro atoms. The first-order valence-corrected chi connectivity index (χ1v) is 8.65. The lowest BCUT2D eigenvalue weighted by Gasteiger charge is -2.34. The standard InChI is InChI=1S/C17H32N2O3/c1-5-13(4)14(17(21)22)18-16(20)15(12(2)3)19-10-8-6-7-9-11-19/h12-15H,5-11H2,1-4H3,(H,18,20)(H,21,22). The van der Waals surface area contributed by atoms with Crippen LogP contribution in [0.5, 0.6) is 0 Å². The van der Waals surface area contributed by atoms with E-state index in [-0.39, 0.29) is 23.8 Å². The number of carboxylic acids is 1. The van der Waals surface area contributed by atoms with E-state index in [9.17, 15) is 14.7 Å². The quantitative estimate of drug-likeness (QED) is 0.758. The van der Waals surface area contributed by atoms with Crippen LogP contribution in [-0.2, 0) is 9.59 Å². The molecule has 5 nitrogen and oxygen atoms in total. The Labute approximate surface area is 134 Å². The lowest BCUT2D eigenvalue weighted by molar-refractivity contribution is -0.144. The molecular formula is C17H32N2O3. The second-order valence-corrected chi connectivity index (χ2v) is 6.85. The zero-order valence-corrected chi connectivity index (χ0v) is 14.5. The third-order valence-electron chi connectivity index (χ3n) is 4.71. The average Bonchev–Trinajstić information content (AvgIpc) is 2.72. The summed E-state index contributed by atoms with van der Waals surface area (Å²) in [7, 11) is 0. The van der Waals surface area contributed by atoms with Crippen molar-refractivity contribution in [3.8, 4) is 0 Å². The molecule has 5 heteroatoms. The molecule has 0 saturated carbocycles. The highest BCUT2D eigenvalue weighted by Crippen LogP contribution is 2.18. The van der Waals surface area contributed by atoms with Gasteiger partial charge in [0.15, 0.2) is 0 Å². The van der Waals surface area contributed by atoms with Crippen molar-refractivity contribution >= 4 is 11.9 Å². The summed E-state index contributed by atoms with van der Waals surface area (Å²) >= 11 is 0. The number of carboxylic acid groups (broad SMARTS) is 1. The molecule has 3 atom stereocenters. The SMILES string of the molecule is CCC(C)C(NC(=O)C(C(C)C)N1CCCCCC1)C(=O)O. The summed E-state index contributed by atoms with van der Waals surface area (Å²) in [5.41, 5.74) is 0. The van der Waals surface area contributed by atoms with Crippen LogP contribution in [0.1, 0.15) is 59.8 Å². The van der Waals surface area contributed by atoms with Gasteiger partial charge in [0, 0.05) is 0 Å². The number of aliphatic carboxylic acids is 1. The van der Waals surface area contributed by atoms with Gasteiger partial charge in [0.1, 0.15) is 6.04 Å². The van der Waals surface area contributed by atoms with Crippen LogP contribution in [0, 0.1) is 11.8 Å². The highest BCUT2D eigenvalue weighted by molar-refractivity contribution is 5.87. The van der Waals surface area contributed by atoms with Crippen molar-refractivity contribution in [3.05, 3.63) is 0 Å². The lowest BCUT2D eigenvalue weighted by atomic mass is 9.96. The fourth-order valence-electron chi connectivity index (χ4n) is 3.19. The maximum atomic E-state index is 12.7. The third-order valence-corrected chi connectivity index (χ3v) is 4.71. The van der Waals surface area contributed by atoms with Gasteiger partial charge in [-0.25, -0.2) is 4.79 Å². The van der Waals surface area contributed by atoms with E-state index in [0.29, 0.717) is 0 Å². The van der Waals surface area contributed by atoms with Crippen LogP contribution in [0.4, 0.5) is 0 Å². The van der Waals surface area contributed by atoms with Crippen molar-refractivity contribution in [2.24, 2.45) is 11.8 Å². The highest BCUT2D eigenvalue weighted by Gasteiger charge is 2.33. The molecule has 2 N–H and O–H groups in total. The Balaban J connectivity index is 2.81.